The summed E-state index contributed by atoms with van der Waals surface area (Å²) in [6.07, 6.45) is 0. The molecule has 0 radical (unpaired) electrons. The van der Waals surface area contributed by atoms with Crippen LogP contribution in [0.3, 0.4) is 0 Å². The zero-order valence-corrected chi connectivity index (χ0v) is 13.8. The highest BCUT2D eigenvalue weighted by Crippen LogP contribution is 2.15. The molecule has 0 saturated heterocycles. The number of rotatable bonds is 0. The van der Waals surface area contributed by atoms with Gasteiger partial charge in [-0.15, -0.1) is 0 Å². The Morgan fingerprint density at radius 1 is 0.900 bits per heavy atom. The standard InChI is InChI=1S/C6H5I3Si/c7-3-1-5(9)6(10)2-4(3)8/h1-2H,10H3. The highest BCUT2D eigenvalue weighted by atomic mass is 127. The van der Waals surface area contributed by atoms with E-state index in [1.54, 1.807) is 0 Å². The van der Waals surface area contributed by atoms with Crippen molar-refractivity contribution in [1.82, 2.24) is 0 Å². The van der Waals surface area contributed by atoms with Gasteiger partial charge >= 0.3 is 0 Å². The maximum Gasteiger partial charge on any atom is 0.0399 e. The normalized spacial score (nSPS) is 10.3. The van der Waals surface area contributed by atoms with E-state index in [0.29, 0.717) is 0 Å². The van der Waals surface area contributed by atoms with Gasteiger partial charge in [-0.25, -0.2) is 0 Å². The van der Waals surface area contributed by atoms with Crippen LogP contribution < -0.4 is 5.19 Å². The fourth-order valence-corrected chi connectivity index (χ4v) is 3.80. The minimum atomic E-state index is 1.16. The molecular weight excluding hydrogens is 481 g/mol. The van der Waals surface area contributed by atoms with Crippen LogP contribution in [0.25, 0.3) is 0 Å². The smallest absolute Gasteiger partial charge is 0.0399 e. The summed E-state index contributed by atoms with van der Waals surface area (Å²) >= 11 is 7.14. The Hall–Kier alpha value is 1.63. The molecule has 0 aliphatic carbocycles. The largest absolute Gasteiger partial charge is 0.0566 e. The summed E-state index contributed by atoms with van der Waals surface area (Å²) in [7, 11) is 1.16. The van der Waals surface area contributed by atoms with Gasteiger partial charge in [0.1, 0.15) is 0 Å². The minimum absolute atomic E-state index is 1.16. The molecule has 1 rings (SSSR count). The van der Waals surface area contributed by atoms with Crippen molar-refractivity contribution in [2.24, 2.45) is 0 Å². The Morgan fingerprint density at radius 2 is 1.40 bits per heavy atom. The number of hydrogen-bond acceptors (Lipinski definition) is 0. The molecule has 54 valence electrons. The van der Waals surface area contributed by atoms with Crippen LogP contribution in [0.4, 0.5) is 0 Å². The first kappa shape index (κ1) is 9.71. The molecule has 0 spiro atoms. The average Bonchev–Trinajstić information content (AvgIpc) is 1.84. The Morgan fingerprint density at radius 3 is 1.90 bits per heavy atom. The summed E-state index contributed by atoms with van der Waals surface area (Å²) in [6.45, 7) is 0. The quantitative estimate of drug-likeness (QED) is 0.297. The Balaban J connectivity index is 3.28. The topological polar surface area (TPSA) is 0 Å². The summed E-state index contributed by atoms with van der Waals surface area (Å²) < 4.78 is 4.15. The molecule has 0 heterocycles. The fourth-order valence-electron chi connectivity index (χ4n) is 0.622. The lowest BCUT2D eigenvalue weighted by Gasteiger charge is -2.00. The van der Waals surface area contributed by atoms with Crippen molar-refractivity contribution in [2.75, 3.05) is 0 Å². The predicted octanol–water partition coefficient (Wildman–Crippen LogP) is 1.49. The van der Waals surface area contributed by atoms with Gasteiger partial charge in [-0.2, -0.15) is 0 Å². The van der Waals surface area contributed by atoms with Crippen molar-refractivity contribution in [3.63, 3.8) is 0 Å². The van der Waals surface area contributed by atoms with Crippen molar-refractivity contribution in [3.05, 3.63) is 22.8 Å². The zero-order valence-electron chi connectivity index (χ0n) is 5.29. The molecule has 1 aromatic rings. The minimum Gasteiger partial charge on any atom is -0.0566 e. The van der Waals surface area contributed by atoms with Crippen LogP contribution in [-0.4, -0.2) is 10.2 Å². The van der Waals surface area contributed by atoms with Gasteiger partial charge in [0.05, 0.1) is 0 Å². The van der Waals surface area contributed by atoms with Crippen LogP contribution in [0, 0.1) is 10.7 Å². The third kappa shape index (κ3) is 2.31. The number of hydrogen-bond donors (Lipinski definition) is 0. The number of halogens is 3. The lowest BCUT2D eigenvalue weighted by molar-refractivity contribution is 1.58. The van der Waals surface area contributed by atoms with Gasteiger partial charge in [0, 0.05) is 21.0 Å². The molecule has 0 unspecified atom stereocenters. The van der Waals surface area contributed by atoms with E-state index in [9.17, 15) is 0 Å². The van der Waals surface area contributed by atoms with Crippen LogP contribution >= 0.6 is 67.8 Å². The Kier molecular flexibility index (Phi) is 3.92. The molecule has 4 heteroatoms. The molecule has 0 bridgehead atoms. The molecule has 0 amide bonds. The molecule has 1 aromatic carbocycles. The highest BCUT2D eigenvalue weighted by molar-refractivity contribution is 14.1. The average molecular weight is 486 g/mol. The van der Waals surface area contributed by atoms with Crippen molar-refractivity contribution < 1.29 is 0 Å². The lowest BCUT2D eigenvalue weighted by Crippen LogP contribution is -2.08. The van der Waals surface area contributed by atoms with Gasteiger partial charge in [0.25, 0.3) is 0 Å². The molecule has 0 nitrogen and oxygen atoms in total. The predicted molar refractivity (Wildman–Crippen MR) is 74.2 cm³/mol. The van der Waals surface area contributed by atoms with E-state index in [2.05, 4.69) is 79.9 Å². The third-order valence-corrected chi connectivity index (χ3v) is 7.03. The van der Waals surface area contributed by atoms with Crippen molar-refractivity contribution >= 4 is 83.2 Å². The van der Waals surface area contributed by atoms with Crippen LogP contribution in [0.2, 0.25) is 0 Å². The molecule has 0 aliphatic rings. The van der Waals surface area contributed by atoms with E-state index in [0.717, 1.165) is 10.2 Å². The first-order valence-corrected chi connectivity index (χ1v) is 6.96. The van der Waals surface area contributed by atoms with Gasteiger partial charge in [-0.05, 0) is 79.9 Å². The van der Waals surface area contributed by atoms with Gasteiger partial charge < -0.3 is 0 Å². The summed E-state index contributed by atoms with van der Waals surface area (Å²) in [6, 6.07) is 4.52. The van der Waals surface area contributed by atoms with Gasteiger partial charge in [0.15, 0.2) is 0 Å². The second-order valence-corrected chi connectivity index (χ2v) is 6.58. The SMILES string of the molecule is [SiH3]c1cc(I)c(I)cc1I. The van der Waals surface area contributed by atoms with E-state index >= 15 is 0 Å². The highest BCUT2D eigenvalue weighted by Gasteiger charge is 1.99. The monoisotopic (exact) mass is 486 g/mol. The van der Waals surface area contributed by atoms with E-state index < -0.39 is 0 Å². The maximum absolute atomic E-state index is 2.39. The van der Waals surface area contributed by atoms with Crippen molar-refractivity contribution in [3.8, 4) is 0 Å². The summed E-state index contributed by atoms with van der Waals surface area (Å²) in [4.78, 5) is 0. The molecule has 0 N–H and O–H groups in total. The molecule has 10 heavy (non-hydrogen) atoms. The summed E-state index contributed by atoms with van der Waals surface area (Å²) in [5.74, 6) is 0. The molecule has 0 aromatic heterocycles. The third-order valence-electron chi connectivity index (χ3n) is 1.20. The molecule has 0 saturated carbocycles. The maximum atomic E-state index is 2.39. The van der Waals surface area contributed by atoms with Crippen molar-refractivity contribution in [1.29, 1.82) is 0 Å². The summed E-state index contributed by atoms with van der Waals surface area (Å²) in [5.41, 5.74) is 0. The summed E-state index contributed by atoms with van der Waals surface area (Å²) in [5, 5.41) is 1.51. The van der Waals surface area contributed by atoms with Crippen LogP contribution in [-0.2, 0) is 0 Å². The second-order valence-electron chi connectivity index (χ2n) is 2.02. The van der Waals surface area contributed by atoms with Crippen LogP contribution in [0.1, 0.15) is 0 Å². The lowest BCUT2D eigenvalue weighted by atomic mass is 10.4. The van der Waals surface area contributed by atoms with Crippen LogP contribution in [0.15, 0.2) is 12.1 Å². The van der Waals surface area contributed by atoms with E-state index in [1.807, 2.05) is 0 Å². The van der Waals surface area contributed by atoms with Gasteiger partial charge in [0.2, 0.25) is 0 Å². The van der Waals surface area contributed by atoms with Crippen LogP contribution in [0.5, 0.6) is 0 Å². The molecular formula is C6H5I3Si. The Bertz CT molecular complexity index is 209. The van der Waals surface area contributed by atoms with Gasteiger partial charge in [-0.1, -0.05) is 5.19 Å². The van der Waals surface area contributed by atoms with E-state index in [4.69, 9.17) is 0 Å². The van der Waals surface area contributed by atoms with E-state index in [1.165, 1.54) is 15.9 Å². The number of benzene rings is 1. The molecule has 0 fully saturated rings. The molecule has 0 aliphatic heterocycles. The van der Waals surface area contributed by atoms with E-state index in [-0.39, 0.29) is 0 Å². The zero-order chi connectivity index (χ0) is 7.72. The molecule has 0 atom stereocenters. The first-order valence-electron chi connectivity index (χ1n) is 2.72. The van der Waals surface area contributed by atoms with Crippen molar-refractivity contribution in [2.45, 2.75) is 0 Å². The first-order chi connectivity index (χ1) is 4.61. The Labute approximate surface area is 104 Å². The van der Waals surface area contributed by atoms with Gasteiger partial charge in [-0.3, -0.25) is 0 Å². The fraction of sp³-hybridized carbons (Fsp3) is 0. The second kappa shape index (κ2) is 4.03.